The predicted octanol–water partition coefficient (Wildman–Crippen LogP) is 3.84. The Bertz CT molecular complexity index is 1520. The van der Waals surface area contributed by atoms with Crippen LogP contribution in [0.25, 0.3) is 11.4 Å². The maximum absolute atomic E-state index is 12.5. The molecule has 2 aromatic carbocycles. The number of nitrogens with one attached hydrogen (secondary N) is 3. The third-order valence-electron chi connectivity index (χ3n) is 5.36. The van der Waals surface area contributed by atoms with E-state index in [-0.39, 0.29) is 15.6 Å². The van der Waals surface area contributed by atoms with E-state index in [1.807, 2.05) is 13.8 Å². The molecular weight excluding hydrogens is 516 g/mol. The van der Waals surface area contributed by atoms with Gasteiger partial charge in [-0.3, -0.25) is 9.52 Å². The first-order valence-electron chi connectivity index (χ1n) is 11.1. The minimum atomic E-state index is -3.86. The number of anilines is 2. The van der Waals surface area contributed by atoms with Crippen LogP contribution in [0.1, 0.15) is 33.7 Å². The van der Waals surface area contributed by atoms with Crippen molar-refractivity contribution in [1.82, 2.24) is 20.2 Å². The smallest absolute Gasteiger partial charge is 0.338 e. The molecular formula is C24H24N6O5S2. The summed E-state index contributed by atoms with van der Waals surface area (Å²) >= 11 is 1.11. The van der Waals surface area contributed by atoms with Crippen LogP contribution in [0.15, 0.2) is 53.4 Å². The number of ether oxygens (including phenoxy) is 1. The third kappa shape index (κ3) is 6.19. The van der Waals surface area contributed by atoms with E-state index in [1.54, 1.807) is 31.2 Å². The molecule has 0 spiro atoms. The molecule has 0 radical (unpaired) electrons. The van der Waals surface area contributed by atoms with Crippen LogP contribution in [-0.2, 0) is 19.6 Å². The highest BCUT2D eigenvalue weighted by Gasteiger charge is 2.21. The van der Waals surface area contributed by atoms with E-state index in [4.69, 9.17) is 4.74 Å². The van der Waals surface area contributed by atoms with Gasteiger partial charge in [0.15, 0.2) is 6.10 Å². The monoisotopic (exact) mass is 540 g/mol. The van der Waals surface area contributed by atoms with Crippen molar-refractivity contribution < 1.29 is 22.7 Å². The number of aromatic amines is 1. The van der Waals surface area contributed by atoms with Gasteiger partial charge in [-0.2, -0.15) is 0 Å². The quantitative estimate of drug-likeness (QED) is 0.285. The summed E-state index contributed by atoms with van der Waals surface area (Å²) in [6.45, 7) is 7.00. The predicted molar refractivity (Wildman–Crippen MR) is 139 cm³/mol. The molecule has 2 heterocycles. The lowest BCUT2D eigenvalue weighted by Crippen LogP contribution is -2.30. The zero-order valence-electron chi connectivity index (χ0n) is 20.4. The number of sulfonamides is 1. The normalized spacial score (nSPS) is 12.1. The van der Waals surface area contributed by atoms with E-state index in [1.165, 1.54) is 31.2 Å². The van der Waals surface area contributed by atoms with E-state index in [2.05, 4.69) is 30.2 Å². The summed E-state index contributed by atoms with van der Waals surface area (Å²) < 4.78 is 32.7. The van der Waals surface area contributed by atoms with Gasteiger partial charge < -0.3 is 15.0 Å². The van der Waals surface area contributed by atoms with Gasteiger partial charge in [0.05, 0.1) is 16.2 Å². The molecule has 0 saturated carbocycles. The Kier molecular flexibility index (Phi) is 7.36. The molecule has 1 unspecified atom stereocenters. The van der Waals surface area contributed by atoms with Crippen LogP contribution in [0.2, 0.25) is 0 Å². The lowest BCUT2D eigenvalue weighted by Gasteiger charge is -2.14. The van der Waals surface area contributed by atoms with Gasteiger partial charge in [-0.1, -0.05) is 23.5 Å². The van der Waals surface area contributed by atoms with Crippen molar-refractivity contribution in [2.24, 2.45) is 0 Å². The molecule has 3 N–H and O–H groups in total. The van der Waals surface area contributed by atoms with Gasteiger partial charge >= 0.3 is 5.97 Å². The van der Waals surface area contributed by atoms with Crippen LogP contribution in [0.5, 0.6) is 0 Å². The average molecular weight is 541 g/mol. The highest BCUT2D eigenvalue weighted by Crippen LogP contribution is 2.21. The molecule has 4 aromatic rings. The van der Waals surface area contributed by atoms with Crippen LogP contribution >= 0.6 is 11.3 Å². The van der Waals surface area contributed by atoms with Gasteiger partial charge in [-0.15, -0.1) is 10.2 Å². The van der Waals surface area contributed by atoms with Crippen molar-refractivity contribution in [2.75, 3.05) is 10.0 Å². The molecule has 1 atom stereocenters. The number of carbonyl (C=O) groups excluding carboxylic acids is 2. The lowest BCUT2D eigenvalue weighted by atomic mass is 10.1. The molecule has 0 saturated heterocycles. The molecule has 0 aliphatic heterocycles. The highest BCUT2D eigenvalue weighted by molar-refractivity contribution is 7.93. The molecule has 1 amide bonds. The maximum Gasteiger partial charge on any atom is 0.338 e. The number of amides is 1. The van der Waals surface area contributed by atoms with E-state index in [0.717, 1.165) is 28.3 Å². The van der Waals surface area contributed by atoms with Crippen molar-refractivity contribution in [3.05, 3.63) is 70.5 Å². The largest absolute Gasteiger partial charge is 0.449 e. The number of benzene rings is 2. The Hall–Kier alpha value is -4.10. The number of hydrogen-bond acceptors (Lipinski definition) is 9. The summed E-state index contributed by atoms with van der Waals surface area (Å²) in [5.41, 5.74) is 3.31. The molecule has 2 aromatic heterocycles. The van der Waals surface area contributed by atoms with Gasteiger partial charge in [0, 0.05) is 16.9 Å². The Labute approximate surface area is 217 Å². The fourth-order valence-corrected chi connectivity index (χ4v) is 5.03. The fourth-order valence-electron chi connectivity index (χ4n) is 3.20. The zero-order chi connectivity index (χ0) is 26.7. The average Bonchev–Trinajstić information content (AvgIpc) is 3.42. The molecule has 13 heteroatoms. The van der Waals surface area contributed by atoms with Gasteiger partial charge in [0.25, 0.3) is 15.9 Å². The summed E-state index contributed by atoms with van der Waals surface area (Å²) in [5, 5.41) is 10.9. The summed E-state index contributed by atoms with van der Waals surface area (Å²) in [5.74, 6) is -0.516. The van der Waals surface area contributed by atoms with Gasteiger partial charge in [-0.25, -0.2) is 18.2 Å². The Morgan fingerprint density at radius 3 is 2.24 bits per heavy atom. The first-order valence-corrected chi connectivity index (χ1v) is 13.4. The number of nitrogens with zero attached hydrogens (tertiary/aromatic N) is 3. The number of hydrogen-bond donors (Lipinski definition) is 3. The van der Waals surface area contributed by atoms with E-state index in [9.17, 15) is 18.0 Å². The standard InChI is InChI=1S/C24H24N6O5S2/c1-13-14(2)26-21(25-13)17-5-7-18(8-6-17)23(32)35-15(3)22(31)27-19-9-11-20(12-10-19)37(33,34)30-24-29-28-16(4)36-24/h5-12,15H,1-4H3,(H,25,26)(H,27,31)(H,29,30). The molecule has 37 heavy (non-hydrogen) atoms. The Morgan fingerprint density at radius 2 is 1.68 bits per heavy atom. The second kappa shape index (κ2) is 10.5. The number of aryl methyl sites for hydroxylation is 3. The molecule has 0 aliphatic rings. The van der Waals surface area contributed by atoms with Crippen molar-refractivity contribution >= 4 is 44.1 Å². The van der Waals surface area contributed by atoms with E-state index >= 15 is 0 Å². The molecule has 0 bridgehead atoms. The first-order chi connectivity index (χ1) is 17.5. The molecule has 4 rings (SSSR count). The van der Waals surface area contributed by atoms with Crippen molar-refractivity contribution in [3.8, 4) is 11.4 Å². The van der Waals surface area contributed by atoms with Gasteiger partial charge in [0.1, 0.15) is 10.8 Å². The van der Waals surface area contributed by atoms with E-state index in [0.29, 0.717) is 16.5 Å². The van der Waals surface area contributed by atoms with Crippen LogP contribution < -0.4 is 10.0 Å². The fraction of sp³-hybridized carbons (Fsp3) is 0.208. The van der Waals surface area contributed by atoms with Crippen molar-refractivity contribution in [2.45, 2.75) is 38.7 Å². The van der Waals surface area contributed by atoms with Crippen LogP contribution in [-0.4, -0.2) is 46.6 Å². The number of carbonyl (C=O) groups is 2. The van der Waals surface area contributed by atoms with E-state index < -0.39 is 28.0 Å². The number of H-pyrrole nitrogens is 1. The second-order valence-corrected chi connectivity index (χ2v) is 11.0. The highest BCUT2D eigenvalue weighted by atomic mass is 32.2. The minimum absolute atomic E-state index is 0.0128. The molecule has 0 fully saturated rings. The summed E-state index contributed by atoms with van der Waals surface area (Å²) in [6.07, 6.45) is -1.09. The first kappa shape index (κ1) is 26.0. The summed E-state index contributed by atoms with van der Waals surface area (Å²) in [4.78, 5) is 32.7. The Morgan fingerprint density at radius 1 is 1.00 bits per heavy atom. The molecule has 11 nitrogen and oxygen atoms in total. The summed E-state index contributed by atoms with van der Waals surface area (Å²) in [6, 6.07) is 12.2. The van der Waals surface area contributed by atoms with Crippen molar-refractivity contribution in [1.29, 1.82) is 0 Å². The topological polar surface area (TPSA) is 156 Å². The van der Waals surface area contributed by atoms with Crippen LogP contribution in [0, 0.1) is 20.8 Å². The number of imidazole rings is 1. The minimum Gasteiger partial charge on any atom is -0.449 e. The number of rotatable bonds is 8. The maximum atomic E-state index is 12.5. The van der Waals surface area contributed by atoms with Crippen molar-refractivity contribution in [3.63, 3.8) is 0 Å². The third-order valence-corrected chi connectivity index (χ3v) is 7.59. The van der Waals surface area contributed by atoms with Gasteiger partial charge in [0.2, 0.25) is 5.13 Å². The number of esters is 1. The molecule has 0 aliphatic carbocycles. The SMILES string of the molecule is Cc1nnc(NS(=O)(=O)c2ccc(NC(=O)C(C)OC(=O)c3ccc(-c4nc(C)c(C)[nH]4)cc3)cc2)s1. The van der Waals surface area contributed by atoms with Gasteiger partial charge in [-0.05, 0) is 64.1 Å². The zero-order valence-corrected chi connectivity index (χ0v) is 22.0. The second-order valence-electron chi connectivity index (χ2n) is 8.17. The number of aromatic nitrogens is 4. The molecule has 192 valence electrons. The lowest BCUT2D eigenvalue weighted by molar-refractivity contribution is -0.123. The van der Waals surface area contributed by atoms with Crippen LogP contribution in [0.3, 0.4) is 0 Å². The summed E-state index contributed by atoms with van der Waals surface area (Å²) in [7, 11) is -3.86. The van der Waals surface area contributed by atoms with Crippen LogP contribution in [0.4, 0.5) is 10.8 Å². The Balaban J connectivity index is 1.34.